The molecule has 2 aromatic carbocycles. The zero-order valence-corrected chi connectivity index (χ0v) is 13.5. The molecule has 1 heterocycles. The van der Waals surface area contributed by atoms with Gasteiger partial charge in [-0.2, -0.15) is 0 Å². The number of hydrogen-bond acceptors (Lipinski definition) is 4. The van der Waals surface area contributed by atoms with Gasteiger partial charge in [-0.25, -0.2) is 13.4 Å². The van der Waals surface area contributed by atoms with E-state index in [1.165, 1.54) is 11.8 Å². The zero-order chi connectivity index (χ0) is 15.6. The van der Waals surface area contributed by atoms with Crippen LogP contribution in [0, 0.1) is 0 Å². The predicted molar refractivity (Wildman–Crippen MR) is 87.7 cm³/mol. The van der Waals surface area contributed by atoms with Crippen LogP contribution in [0.25, 0.3) is 11.4 Å². The first-order valence-corrected chi connectivity index (χ1v) is 9.33. The highest BCUT2D eigenvalue weighted by molar-refractivity contribution is 7.99. The summed E-state index contributed by atoms with van der Waals surface area (Å²) in [6.07, 6.45) is 1.81. The summed E-state index contributed by atoms with van der Waals surface area (Å²) in [5, 5.41) is 0.618. The minimum Gasteiger partial charge on any atom is -0.328 e. The average molecular weight is 330 g/mol. The van der Waals surface area contributed by atoms with E-state index in [9.17, 15) is 8.42 Å². The van der Waals surface area contributed by atoms with Gasteiger partial charge in [0.1, 0.15) is 10.9 Å². The minimum absolute atomic E-state index is 0.144. The summed E-state index contributed by atoms with van der Waals surface area (Å²) in [6, 6.07) is 17.8. The number of aromatic amines is 1. The van der Waals surface area contributed by atoms with Crippen molar-refractivity contribution in [2.24, 2.45) is 0 Å². The first kappa shape index (κ1) is 14.9. The number of H-pyrrole nitrogens is 1. The molecule has 112 valence electrons. The number of imidazole rings is 1. The summed E-state index contributed by atoms with van der Waals surface area (Å²) < 4.78 is 25.5. The number of aromatic nitrogens is 2. The van der Waals surface area contributed by atoms with Gasteiger partial charge in [-0.15, -0.1) is 11.8 Å². The third-order valence-electron chi connectivity index (χ3n) is 3.20. The van der Waals surface area contributed by atoms with E-state index in [4.69, 9.17) is 0 Å². The molecule has 0 spiro atoms. The summed E-state index contributed by atoms with van der Waals surface area (Å²) in [4.78, 5) is 7.64. The number of rotatable bonds is 4. The van der Waals surface area contributed by atoms with Gasteiger partial charge in [-0.3, -0.25) is 0 Å². The van der Waals surface area contributed by atoms with Crippen molar-refractivity contribution in [3.8, 4) is 11.4 Å². The number of nitrogens with zero attached hydrogens (tertiary/aromatic N) is 1. The molecule has 0 unspecified atom stereocenters. The van der Waals surface area contributed by atoms with Crippen LogP contribution in [-0.4, -0.2) is 24.6 Å². The van der Waals surface area contributed by atoms with Crippen LogP contribution in [0.2, 0.25) is 0 Å². The molecule has 0 saturated heterocycles. The number of sulfone groups is 1. The van der Waals surface area contributed by atoms with E-state index in [2.05, 4.69) is 9.97 Å². The van der Waals surface area contributed by atoms with Crippen LogP contribution in [0.5, 0.6) is 0 Å². The molecule has 0 bridgehead atoms. The molecule has 0 radical (unpaired) electrons. The summed E-state index contributed by atoms with van der Waals surface area (Å²) in [7, 11) is -3.61. The standard InChI is InChI=1S/C16H14N2O2S2/c1-21-15-16(22(19,20)13-10-6-3-7-11-13)18-14(17-15)12-8-4-2-5-9-12/h2-11H,1H3,(H,17,18). The maximum atomic E-state index is 12.8. The molecule has 0 fully saturated rings. The van der Waals surface area contributed by atoms with Gasteiger partial charge in [0.05, 0.1) is 4.90 Å². The molecular formula is C16H14N2O2S2. The van der Waals surface area contributed by atoms with Gasteiger partial charge in [-0.1, -0.05) is 48.5 Å². The lowest BCUT2D eigenvalue weighted by molar-refractivity contribution is 0.590. The minimum atomic E-state index is -3.61. The molecule has 3 rings (SSSR count). The van der Waals surface area contributed by atoms with Crippen molar-refractivity contribution in [2.45, 2.75) is 14.9 Å². The van der Waals surface area contributed by atoms with Crippen LogP contribution < -0.4 is 0 Å². The van der Waals surface area contributed by atoms with Gasteiger partial charge in [0, 0.05) is 5.56 Å². The van der Waals surface area contributed by atoms with E-state index in [0.29, 0.717) is 10.9 Å². The number of benzene rings is 2. The molecular weight excluding hydrogens is 316 g/mol. The van der Waals surface area contributed by atoms with Crippen molar-refractivity contribution in [3.05, 3.63) is 60.7 Å². The van der Waals surface area contributed by atoms with E-state index in [-0.39, 0.29) is 9.92 Å². The lowest BCUT2D eigenvalue weighted by Crippen LogP contribution is -2.03. The second-order valence-corrected chi connectivity index (χ2v) is 7.29. The highest BCUT2D eigenvalue weighted by atomic mass is 32.2. The molecule has 3 aromatic rings. The SMILES string of the molecule is CSc1nc(-c2ccccc2)[nH]c1S(=O)(=O)c1ccccc1. The van der Waals surface area contributed by atoms with Gasteiger partial charge in [0.25, 0.3) is 0 Å². The molecule has 1 N–H and O–H groups in total. The fourth-order valence-electron chi connectivity index (χ4n) is 2.11. The Morgan fingerprint density at radius 3 is 2.14 bits per heavy atom. The summed E-state index contributed by atoms with van der Waals surface area (Å²) in [5.74, 6) is 0.555. The average Bonchev–Trinajstić information content (AvgIpc) is 3.02. The molecule has 0 amide bonds. The van der Waals surface area contributed by atoms with E-state index in [1.807, 2.05) is 36.6 Å². The summed E-state index contributed by atoms with van der Waals surface area (Å²) in [6.45, 7) is 0. The van der Waals surface area contributed by atoms with Gasteiger partial charge in [0.2, 0.25) is 9.84 Å². The molecule has 0 saturated carbocycles. The normalized spacial score (nSPS) is 11.5. The Bertz CT molecular complexity index is 873. The van der Waals surface area contributed by atoms with Gasteiger partial charge < -0.3 is 4.98 Å². The summed E-state index contributed by atoms with van der Waals surface area (Å²) >= 11 is 1.31. The molecule has 0 aliphatic heterocycles. The molecule has 22 heavy (non-hydrogen) atoms. The molecule has 6 heteroatoms. The number of nitrogens with one attached hydrogen (secondary N) is 1. The Morgan fingerprint density at radius 1 is 0.955 bits per heavy atom. The first-order valence-electron chi connectivity index (χ1n) is 6.62. The largest absolute Gasteiger partial charge is 0.328 e. The monoisotopic (exact) mass is 330 g/mol. The maximum absolute atomic E-state index is 12.8. The van der Waals surface area contributed by atoms with Crippen LogP contribution in [0.15, 0.2) is 75.6 Å². The van der Waals surface area contributed by atoms with Crippen LogP contribution in [0.3, 0.4) is 0 Å². The molecule has 4 nitrogen and oxygen atoms in total. The second-order valence-electron chi connectivity index (χ2n) is 4.61. The van der Waals surface area contributed by atoms with E-state index in [0.717, 1.165) is 5.56 Å². The van der Waals surface area contributed by atoms with Crippen molar-refractivity contribution in [3.63, 3.8) is 0 Å². The van der Waals surface area contributed by atoms with Crippen molar-refractivity contribution in [2.75, 3.05) is 6.26 Å². The van der Waals surface area contributed by atoms with Crippen molar-refractivity contribution in [1.82, 2.24) is 9.97 Å². The Balaban J connectivity index is 2.14. The topological polar surface area (TPSA) is 62.8 Å². The van der Waals surface area contributed by atoms with Crippen molar-refractivity contribution in [1.29, 1.82) is 0 Å². The lowest BCUT2D eigenvalue weighted by Gasteiger charge is -2.03. The van der Waals surface area contributed by atoms with Crippen molar-refractivity contribution < 1.29 is 8.42 Å². The first-order chi connectivity index (χ1) is 10.6. The zero-order valence-electron chi connectivity index (χ0n) is 11.9. The Hall–Kier alpha value is -2.05. The van der Waals surface area contributed by atoms with E-state index in [1.54, 1.807) is 30.3 Å². The fourth-order valence-corrected chi connectivity index (χ4v) is 4.37. The number of thioether (sulfide) groups is 1. The third kappa shape index (κ3) is 2.67. The van der Waals surface area contributed by atoms with Crippen LogP contribution in [0.4, 0.5) is 0 Å². The smallest absolute Gasteiger partial charge is 0.224 e. The quantitative estimate of drug-likeness (QED) is 0.742. The van der Waals surface area contributed by atoms with E-state index >= 15 is 0 Å². The van der Waals surface area contributed by atoms with Crippen LogP contribution in [0.1, 0.15) is 0 Å². The predicted octanol–water partition coefficient (Wildman–Crippen LogP) is 3.63. The van der Waals surface area contributed by atoms with Crippen LogP contribution >= 0.6 is 11.8 Å². The lowest BCUT2D eigenvalue weighted by atomic mass is 10.2. The number of hydrogen-bond donors (Lipinski definition) is 1. The Labute approximate surface area is 133 Å². The van der Waals surface area contributed by atoms with Crippen molar-refractivity contribution >= 4 is 21.6 Å². The van der Waals surface area contributed by atoms with Gasteiger partial charge >= 0.3 is 0 Å². The van der Waals surface area contributed by atoms with E-state index < -0.39 is 9.84 Å². The summed E-state index contributed by atoms with van der Waals surface area (Å²) in [5.41, 5.74) is 0.854. The van der Waals surface area contributed by atoms with Gasteiger partial charge in [-0.05, 0) is 18.4 Å². The third-order valence-corrected chi connectivity index (χ3v) is 5.74. The van der Waals surface area contributed by atoms with Gasteiger partial charge in [0.15, 0.2) is 5.03 Å². The fraction of sp³-hybridized carbons (Fsp3) is 0.0625. The highest BCUT2D eigenvalue weighted by Gasteiger charge is 2.25. The Kier molecular flexibility index (Phi) is 4.04. The molecule has 1 aromatic heterocycles. The highest BCUT2D eigenvalue weighted by Crippen LogP contribution is 2.30. The molecule has 0 aliphatic carbocycles. The molecule has 0 aliphatic rings. The molecule has 0 atom stereocenters. The maximum Gasteiger partial charge on any atom is 0.224 e. The second kappa shape index (κ2) is 5.98. The van der Waals surface area contributed by atoms with Crippen LogP contribution in [-0.2, 0) is 9.84 Å². The Morgan fingerprint density at radius 2 is 1.55 bits per heavy atom.